The number of ether oxygens (including phenoxy) is 1. The molecule has 0 aliphatic carbocycles. The topological polar surface area (TPSA) is 81.6 Å². The maximum absolute atomic E-state index is 12.2. The number of rotatable bonds is 4. The number of benzene rings is 1. The molecule has 1 heterocycles. The van der Waals surface area contributed by atoms with Gasteiger partial charge in [-0.1, -0.05) is 6.07 Å². The van der Waals surface area contributed by atoms with E-state index < -0.39 is 6.36 Å². The summed E-state index contributed by atoms with van der Waals surface area (Å²) in [5.74, 6) is -0.413. The van der Waals surface area contributed by atoms with Crippen LogP contribution in [0.25, 0.3) is 0 Å². The zero-order chi connectivity index (χ0) is 18.6. The van der Waals surface area contributed by atoms with Gasteiger partial charge in [-0.25, -0.2) is 4.99 Å². The van der Waals surface area contributed by atoms with Crippen LogP contribution in [0.3, 0.4) is 0 Å². The van der Waals surface area contributed by atoms with Crippen LogP contribution >= 0.6 is 24.0 Å². The van der Waals surface area contributed by atoms with Crippen molar-refractivity contribution < 1.29 is 17.9 Å². The van der Waals surface area contributed by atoms with Crippen molar-refractivity contribution in [2.75, 3.05) is 5.32 Å². The van der Waals surface area contributed by atoms with Gasteiger partial charge in [-0.15, -0.1) is 37.1 Å². The van der Waals surface area contributed by atoms with E-state index in [2.05, 4.69) is 15.0 Å². The van der Waals surface area contributed by atoms with Gasteiger partial charge in [0.05, 0.1) is 6.54 Å². The van der Waals surface area contributed by atoms with E-state index in [4.69, 9.17) is 5.73 Å². The monoisotopic (exact) mass is 482 g/mol. The van der Waals surface area contributed by atoms with Gasteiger partial charge < -0.3 is 20.4 Å². The van der Waals surface area contributed by atoms with Crippen LogP contribution < -0.4 is 21.3 Å². The number of halogens is 4. The number of nitrogens with one attached hydrogen (secondary N) is 1. The predicted molar refractivity (Wildman–Crippen MR) is 104 cm³/mol. The first-order chi connectivity index (χ1) is 11.7. The molecule has 0 spiro atoms. The van der Waals surface area contributed by atoms with Gasteiger partial charge in [0.1, 0.15) is 5.75 Å². The molecule has 10 heteroatoms. The molecule has 3 N–H and O–H groups in total. The van der Waals surface area contributed by atoms with Crippen LogP contribution in [0.2, 0.25) is 0 Å². The number of aliphatic imine (C=N–C) groups is 1. The third kappa shape index (κ3) is 6.24. The summed E-state index contributed by atoms with van der Waals surface area (Å²) in [4.78, 5) is 16.1. The van der Waals surface area contributed by atoms with E-state index in [1.165, 1.54) is 22.8 Å². The number of alkyl halides is 3. The molecule has 0 aliphatic rings. The summed E-state index contributed by atoms with van der Waals surface area (Å²) in [5, 5.41) is 2.66. The van der Waals surface area contributed by atoms with Crippen molar-refractivity contribution in [3.8, 4) is 5.75 Å². The molecule has 26 heavy (non-hydrogen) atoms. The molecule has 1 aromatic heterocycles. The SMILES string of the molecule is Cc1ccc(CN=C(N)Nc2cccc(OC(F)(F)F)c2)c(=O)n1C.I. The van der Waals surface area contributed by atoms with Crippen LogP contribution in [-0.4, -0.2) is 16.9 Å². The number of hydrogen-bond donors (Lipinski definition) is 2. The van der Waals surface area contributed by atoms with E-state index >= 15 is 0 Å². The van der Waals surface area contributed by atoms with Gasteiger partial charge in [0.15, 0.2) is 5.96 Å². The highest BCUT2D eigenvalue weighted by atomic mass is 127. The normalized spacial score (nSPS) is 11.7. The Bertz CT molecular complexity index is 850. The number of nitrogens with two attached hydrogens (primary N) is 1. The zero-order valence-corrected chi connectivity index (χ0v) is 16.3. The van der Waals surface area contributed by atoms with Gasteiger partial charge in [-0.3, -0.25) is 4.79 Å². The lowest BCUT2D eigenvalue weighted by atomic mass is 10.2. The Balaban J connectivity index is 0.00000338. The maximum atomic E-state index is 12.2. The molecule has 0 unspecified atom stereocenters. The smallest absolute Gasteiger partial charge is 0.406 e. The quantitative estimate of drug-likeness (QED) is 0.399. The summed E-state index contributed by atoms with van der Waals surface area (Å²) in [7, 11) is 1.65. The average Bonchev–Trinajstić information content (AvgIpc) is 2.50. The second-order valence-corrected chi connectivity index (χ2v) is 5.27. The number of guanidine groups is 1. The molecule has 0 fully saturated rings. The first-order valence-corrected chi connectivity index (χ1v) is 7.24. The molecule has 142 valence electrons. The Morgan fingerprint density at radius 3 is 2.65 bits per heavy atom. The maximum Gasteiger partial charge on any atom is 0.573 e. The Kier molecular flexibility index (Phi) is 7.48. The highest BCUT2D eigenvalue weighted by Crippen LogP contribution is 2.24. The number of nitrogens with zero attached hydrogens (tertiary/aromatic N) is 2. The van der Waals surface area contributed by atoms with Crippen LogP contribution in [0.5, 0.6) is 5.75 Å². The van der Waals surface area contributed by atoms with Crippen molar-refractivity contribution in [1.29, 1.82) is 0 Å². The Labute approximate surface area is 164 Å². The molecule has 2 rings (SSSR count). The molecule has 0 saturated heterocycles. The minimum atomic E-state index is -4.77. The summed E-state index contributed by atoms with van der Waals surface area (Å²) in [6.07, 6.45) is -4.77. The van der Waals surface area contributed by atoms with E-state index in [-0.39, 0.29) is 53.5 Å². The first-order valence-electron chi connectivity index (χ1n) is 7.24. The largest absolute Gasteiger partial charge is 0.573 e. The van der Waals surface area contributed by atoms with Crippen molar-refractivity contribution in [1.82, 2.24) is 4.57 Å². The number of aromatic nitrogens is 1. The fraction of sp³-hybridized carbons (Fsp3) is 0.250. The van der Waals surface area contributed by atoms with E-state index in [1.54, 1.807) is 26.1 Å². The summed E-state index contributed by atoms with van der Waals surface area (Å²) in [5.41, 5.74) is 7.07. The molecule has 0 radical (unpaired) electrons. The predicted octanol–water partition coefficient (Wildman–Crippen LogP) is 3.14. The minimum Gasteiger partial charge on any atom is -0.406 e. The fourth-order valence-corrected chi connectivity index (χ4v) is 2.03. The van der Waals surface area contributed by atoms with Gasteiger partial charge in [0.2, 0.25) is 0 Å². The van der Waals surface area contributed by atoms with Gasteiger partial charge in [-0.05, 0) is 31.2 Å². The van der Waals surface area contributed by atoms with E-state index in [9.17, 15) is 18.0 Å². The average molecular weight is 482 g/mol. The molecular formula is C16H18F3IN4O2. The highest BCUT2D eigenvalue weighted by molar-refractivity contribution is 14.0. The summed E-state index contributed by atoms with van der Waals surface area (Å²) in [6.45, 7) is 1.85. The van der Waals surface area contributed by atoms with Gasteiger partial charge in [0.25, 0.3) is 5.56 Å². The second-order valence-electron chi connectivity index (χ2n) is 5.27. The number of hydrogen-bond acceptors (Lipinski definition) is 3. The summed E-state index contributed by atoms with van der Waals surface area (Å²) < 4.78 is 42.0. The molecule has 0 amide bonds. The molecule has 0 saturated carbocycles. The van der Waals surface area contributed by atoms with E-state index in [1.807, 2.05) is 0 Å². The van der Waals surface area contributed by atoms with Crippen molar-refractivity contribution in [2.24, 2.45) is 17.8 Å². The zero-order valence-electron chi connectivity index (χ0n) is 14.0. The van der Waals surface area contributed by atoms with Crippen molar-refractivity contribution in [3.63, 3.8) is 0 Å². The van der Waals surface area contributed by atoms with Gasteiger partial charge >= 0.3 is 6.36 Å². The molecule has 6 nitrogen and oxygen atoms in total. The Hall–Kier alpha value is -2.24. The lowest BCUT2D eigenvalue weighted by Crippen LogP contribution is -2.25. The number of aryl methyl sites for hydroxylation is 1. The van der Waals surface area contributed by atoms with Crippen molar-refractivity contribution >= 4 is 35.6 Å². The van der Waals surface area contributed by atoms with E-state index in [0.717, 1.165) is 11.8 Å². The molecular weight excluding hydrogens is 464 g/mol. The first kappa shape index (κ1) is 21.8. The van der Waals surface area contributed by atoms with E-state index in [0.29, 0.717) is 5.56 Å². The molecule has 0 aliphatic heterocycles. The van der Waals surface area contributed by atoms with Crippen LogP contribution in [0.4, 0.5) is 18.9 Å². The summed E-state index contributed by atoms with van der Waals surface area (Å²) in [6, 6.07) is 8.64. The lowest BCUT2D eigenvalue weighted by molar-refractivity contribution is -0.274. The fourth-order valence-electron chi connectivity index (χ4n) is 2.03. The lowest BCUT2D eigenvalue weighted by Gasteiger charge is -2.11. The third-order valence-electron chi connectivity index (χ3n) is 3.39. The van der Waals surface area contributed by atoms with Crippen LogP contribution in [0.15, 0.2) is 46.2 Å². The van der Waals surface area contributed by atoms with Gasteiger partial charge in [0, 0.05) is 30.1 Å². The number of pyridine rings is 1. The van der Waals surface area contributed by atoms with Crippen LogP contribution in [0, 0.1) is 6.92 Å². The van der Waals surface area contributed by atoms with Crippen molar-refractivity contribution in [2.45, 2.75) is 19.8 Å². The molecule has 2 aromatic rings. The Morgan fingerprint density at radius 2 is 2.00 bits per heavy atom. The summed E-state index contributed by atoms with van der Waals surface area (Å²) >= 11 is 0. The second kappa shape index (κ2) is 8.92. The standard InChI is InChI=1S/C16H17F3N4O2.HI/c1-10-6-7-11(14(24)23(10)2)9-21-15(20)22-12-4-3-5-13(8-12)25-16(17,18)19;/h3-8H,9H2,1-2H3,(H3,20,21,22);1H. The molecule has 1 aromatic carbocycles. The Morgan fingerprint density at radius 1 is 1.31 bits per heavy atom. The number of anilines is 1. The highest BCUT2D eigenvalue weighted by Gasteiger charge is 2.31. The van der Waals surface area contributed by atoms with Gasteiger partial charge in [-0.2, -0.15) is 0 Å². The molecule has 0 bridgehead atoms. The van der Waals surface area contributed by atoms with Crippen LogP contribution in [-0.2, 0) is 13.6 Å². The minimum absolute atomic E-state index is 0. The van der Waals surface area contributed by atoms with Crippen molar-refractivity contribution in [3.05, 3.63) is 58.0 Å². The molecule has 0 atom stereocenters. The van der Waals surface area contributed by atoms with Crippen LogP contribution in [0.1, 0.15) is 11.3 Å². The third-order valence-corrected chi connectivity index (χ3v) is 3.39.